The van der Waals surface area contributed by atoms with Crippen LogP contribution in [0.3, 0.4) is 0 Å². The van der Waals surface area contributed by atoms with E-state index in [1.165, 1.54) is 11.8 Å². The van der Waals surface area contributed by atoms with Gasteiger partial charge in [-0.05, 0) is 31.4 Å². The van der Waals surface area contributed by atoms with E-state index in [4.69, 9.17) is 9.47 Å². The summed E-state index contributed by atoms with van der Waals surface area (Å²) in [6.07, 6.45) is 2.63. The van der Waals surface area contributed by atoms with Gasteiger partial charge in [0.15, 0.2) is 16.7 Å². The van der Waals surface area contributed by atoms with Crippen LogP contribution in [0.4, 0.5) is 5.69 Å². The third-order valence-electron chi connectivity index (χ3n) is 6.15. The summed E-state index contributed by atoms with van der Waals surface area (Å²) in [7, 11) is 0. The van der Waals surface area contributed by atoms with E-state index in [-0.39, 0.29) is 36.3 Å². The van der Waals surface area contributed by atoms with E-state index in [2.05, 4.69) is 15.6 Å². The van der Waals surface area contributed by atoms with Crippen molar-refractivity contribution in [2.24, 2.45) is 10.9 Å². The highest BCUT2D eigenvalue weighted by molar-refractivity contribution is 8.15. The summed E-state index contributed by atoms with van der Waals surface area (Å²) in [5.74, 6) is 0.946. The Hall–Kier alpha value is -1.97. The third kappa shape index (κ3) is 3.67. The molecule has 156 valence electrons. The number of amidine groups is 1. The number of nitrogens with zero attached hydrogens (tertiary/aromatic N) is 1. The Balaban J connectivity index is 1.30. The Morgan fingerprint density at radius 2 is 1.97 bits per heavy atom. The second-order valence-electron chi connectivity index (χ2n) is 8.09. The van der Waals surface area contributed by atoms with Gasteiger partial charge in [-0.25, -0.2) is 0 Å². The third-order valence-corrected chi connectivity index (χ3v) is 7.46. The maximum absolute atomic E-state index is 12.9. The number of ether oxygens (including phenoxy) is 2. The smallest absolute Gasteiger partial charge is 0.231 e. The molecule has 4 N–H and O–H groups in total. The van der Waals surface area contributed by atoms with Crippen molar-refractivity contribution in [2.45, 2.75) is 61.6 Å². The molecule has 5 rings (SSSR count). The molecule has 2 aliphatic carbocycles. The number of benzene rings is 1. The van der Waals surface area contributed by atoms with Crippen molar-refractivity contribution in [1.29, 1.82) is 0 Å². The number of amides is 1. The normalized spacial score (nSPS) is 33.3. The molecule has 4 aliphatic rings. The van der Waals surface area contributed by atoms with Gasteiger partial charge in [0.25, 0.3) is 0 Å². The number of aliphatic hydroxyl groups excluding tert-OH is 2. The van der Waals surface area contributed by atoms with E-state index < -0.39 is 18.2 Å². The lowest BCUT2D eigenvalue weighted by molar-refractivity contribution is -0.130. The lowest BCUT2D eigenvalue weighted by atomic mass is 9.81. The number of aliphatic hydroxyl groups is 2. The van der Waals surface area contributed by atoms with Crippen LogP contribution in [-0.4, -0.2) is 57.6 Å². The fourth-order valence-electron chi connectivity index (χ4n) is 4.58. The summed E-state index contributed by atoms with van der Waals surface area (Å²) in [4.78, 5) is 17.5. The Bertz CT molecular complexity index is 828. The highest BCUT2D eigenvalue weighted by Crippen LogP contribution is 2.42. The van der Waals surface area contributed by atoms with Crippen LogP contribution in [-0.2, 0) is 4.79 Å². The fourth-order valence-corrected chi connectivity index (χ4v) is 5.96. The van der Waals surface area contributed by atoms with Crippen LogP contribution < -0.4 is 20.1 Å². The SMILES string of the molecule is O=C(NC1CCCC1)[C@H]1C[C@@H](O)[C@H](O)[C@@H]2N=C(Nc3ccc4c(c3)OCO4)S[C@@H]21. The monoisotopic (exact) mass is 419 g/mol. The standard InChI is InChI=1S/C20H25N3O5S/c24-13-8-12(19(26)21-10-3-1-2-4-10)18-16(17(13)25)23-20(29-18)22-11-5-6-14-15(7-11)28-9-27-14/h5-7,10,12-13,16-18,24-25H,1-4,8-9H2,(H,21,26)(H,22,23)/t12-,13+,16-,17-,18+/m0/s1. The first-order valence-corrected chi connectivity index (χ1v) is 11.0. The number of fused-ring (bicyclic) bond motifs is 2. The number of hydrogen-bond acceptors (Lipinski definition) is 8. The van der Waals surface area contributed by atoms with Crippen LogP contribution >= 0.6 is 11.8 Å². The van der Waals surface area contributed by atoms with Crippen molar-refractivity contribution in [3.63, 3.8) is 0 Å². The second kappa shape index (κ2) is 7.70. The zero-order valence-electron chi connectivity index (χ0n) is 15.9. The molecule has 0 saturated heterocycles. The Kier molecular flexibility index (Phi) is 5.05. The predicted molar refractivity (Wildman–Crippen MR) is 109 cm³/mol. The molecule has 0 unspecified atom stereocenters. The summed E-state index contributed by atoms with van der Waals surface area (Å²) in [6.45, 7) is 0.209. The highest BCUT2D eigenvalue weighted by atomic mass is 32.2. The number of carbonyl (C=O) groups is 1. The number of hydrogen-bond donors (Lipinski definition) is 4. The zero-order valence-corrected chi connectivity index (χ0v) is 16.7. The number of anilines is 1. The average Bonchev–Trinajstić information content (AvgIpc) is 3.45. The van der Waals surface area contributed by atoms with Crippen molar-refractivity contribution >= 4 is 28.5 Å². The van der Waals surface area contributed by atoms with E-state index in [0.717, 1.165) is 31.4 Å². The Morgan fingerprint density at radius 1 is 1.17 bits per heavy atom. The minimum atomic E-state index is -0.973. The van der Waals surface area contributed by atoms with Gasteiger partial charge in [0, 0.05) is 23.0 Å². The molecule has 1 aromatic carbocycles. The maximum Gasteiger partial charge on any atom is 0.231 e. The Morgan fingerprint density at radius 3 is 2.79 bits per heavy atom. The van der Waals surface area contributed by atoms with Crippen LogP contribution in [0.25, 0.3) is 0 Å². The van der Waals surface area contributed by atoms with Gasteiger partial charge in [0.2, 0.25) is 12.7 Å². The molecule has 29 heavy (non-hydrogen) atoms. The molecule has 0 spiro atoms. The van der Waals surface area contributed by atoms with Crippen LogP contribution in [0.15, 0.2) is 23.2 Å². The van der Waals surface area contributed by atoms with Gasteiger partial charge in [-0.3, -0.25) is 9.79 Å². The van der Waals surface area contributed by atoms with Gasteiger partial charge >= 0.3 is 0 Å². The number of nitrogens with one attached hydrogen (secondary N) is 2. The first kappa shape index (κ1) is 19.0. The van der Waals surface area contributed by atoms with E-state index in [1.54, 1.807) is 0 Å². The zero-order chi connectivity index (χ0) is 20.0. The summed E-state index contributed by atoms with van der Waals surface area (Å²) >= 11 is 1.46. The molecule has 2 fully saturated rings. The van der Waals surface area contributed by atoms with Crippen molar-refractivity contribution in [3.05, 3.63) is 18.2 Å². The average molecular weight is 420 g/mol. The van der Waals surface area contributed by atoms with Crippen LogP contribution in [0, 0.1) is 5.92 Å². The number of carbonyl (C=O) groups excluding carboxylic acids is 1. The molecule has 0 radical (unpaired) electrons. The number of thioether (sulfide) groups is 1. The lowest BCUT2D eigenvalue weighted by Gasteiger charge is -2.37. The van der Waals surface area contributed by atoms with Crippen LogP contribution in [0.5, 0.6) is 11.5 Å². The molecule has 2 heterocycles. The van der Waals surface area contributed by atoms with Gasteiger partial charge in [-0.1, -0.05) is 24.6 Å². The fraction of sp³-hybridized carbons (Fsp3) is 0.600. The molecule has 0 bridgehead atoms. The second-order valence-corrected chi connectivity index (χ2v) is 9.26. The van der Waals surface area contributed by atoms with Gasteiger partial charge in [0.05, 0.1) is 18.1 Å². The molecule has 5 atom stereocenters. The molecule has 1 aromatic rings. The molecule has 1 amide bonds. The summed E-state index contributed by atoms with van der Waals surface area (Å²) in [5.41, 5.74) is 0.793. The molecular formula is C20H25N3O5S. The first-order chi connectivity index (χ1) is 14.1. The highest BCUT2D eigenvalue weighted by Gasteiger charge is 2.50. The molecular weight excluding hydrogens is 394 g/mol. The summed E-state index contributed by atoms with van der Waals surface area (Å²) in [6, 6.07) is 5.24. The summed E-state index contributed by atoms with van der Waals surface area (Å²) in [5, 5.41) is 27.6. The van der Waals surface area contributed by atoms with Crippen LogP contribution in [0.2, 0.25) is 0 Å². The molecule has 2 saturated carbocycles. The predicted octanol–water partition coefficient (Wildman–Crippen LogP) is 1.47. The molecule has 8 nitrogen and oxygen atoms in total. The van der Waals surface area contributed by atoms with Crippen molar-refractivity contribution in [1.82, 2.24) is 5.32 Å². The van der Waals surface area contributed by atoms with Crippen molar-refractivity contribution in [3.8, 4) is 11.5 Å². The lowest BCUT2D eigenvalue weighted by Crippen LogP contribution is -2.54. The minimum absolute atomic E-state index is 0.0371. The van der Waals surface area contributed by atoms with Crippen molar-refractivity contribution in [2.75, 3.05) is 12.1 Å². The molecule has 0 aromatic heterocycles. The minimum Gasteiger partial charge on any atom is -0.454 e. The van der Waals surface area contributed by atoms with Gasteiger partial charge in [-0.15, -0.1) is 0 Å². The van der Waals surface area contributed by atoms with Gasteiger partial charge in [0.1, 0.15) is 6.10 Å². The molecule has 9 heteroatoms. The molecule has 2 aliphatic heterocycles. The van der Waals surface area contributed by atoms with E-state index >= 15 is 0 Å². The largest absolute Gasteiger partial charge is 0.454 e. The number of aliphatic imine (C=N–C) groups is 1. The first-order valence-electron chi connectivity index (χ1n) is 10.2. The number of rotatable bonds is 3. The Labute approximate surface area is 173 Å². The van der Waals surface area contributed by atoms with Crippen LogP contribution in [0.1, 0.15) is 32.1 Å². The van der Waals surface area contributed by atoms with E-state index in [0.29, 0.717) is 16.7 Å². The van der Waals surface area contributed by atoms with Gasteiger partial charge in [-0.2, -0.15) is 0 Å². The van der Waals surface area contributed by atoms with E-state index in [1.807, 2.05) is 18.2 Å². The van der Waals surface area contributed by atoms with E-state index in [9.17, 15) is 15.0 Å². The summed E-state index contributed by atoms with van der Waals surface area (Å²) < 4.78 is 10.7. The topological polar surface area (TPSA) is 112 Å². The van der Waals surface area contributed by atoms with Crippen molar-refractivity contribution < 1.29 is 24.5 Å². The quantitative estimate of drug-likeness (QED) is 0.587. The maximum atomic E-state index is 12.9. The van der Waals surface area contributed by atoms with Gasteiger partial charge < -0.3 is 30.3 Å².